The van der Waals surface area contributed by atoms with Gasteiger partial charge >= 0.3 is 0 Å². The number of nitrogens with one attached hydrogen (secondary N) is 1. The fraction of sp³-hybridized carbons (Fsp3) is 0.520. The van der Waals surface area contributed by atoms with E-state index in [1.807, 2.05) is 29.0 Å². The van der Waals surface area contributed by atoms with E-state index in [9.17, 15) is 9.59 Å². The molecule has 0 aliphatic carbocycles. The van der Waals surface area contributed by atoms with Crippen molar-refractivity contribution in [1.82, 2.24) is 19.8 Å². The Bertz CT molecular complexity index is 1030. The molecule has 2 aromatic rings. The minimum atomic E-state index is 0.0487. The van der Waals surface area contributed by atoms with Crippen LogP contribution in [-0.4, -0.2) is 71.4 Å². The maximum atomic E-state index is 13.2. The number of carbonyl (C=O) groups is 2. The molecular formula is C25H32N6O2. The smallest absolute Gasteiger partial charge is 0.254 e. The number of hydrogen-bond acceptors (Lipinski definition) is 6. The van der Waals surface area contributed by atoms with E-state index in [0.717, 1.165) is 54.5 Å². The van der Waals surface area contributed by atoms with Gasteiger partial charge in [0.15, 0.2) is 0 Å². The Labute approximate surface area is 195 Å². The number of hydrogen-bond donors (Lipinski definition) is 1. The summed E-state index contributed by atoms with van der Waals surface area (Å²) in [7, 11) is 1.86. The molecular weight excluding hydrogens is 416 g/mol. The first-order valence-electron chi connectivity index (χ1n) is 12.0. The quantitative estimate of drug-likeness (QED) is 0.775. The van der Waals surface area contributed by atoms with Gasteiger partial charge in [0, 0.05) is 75.8 Å². The molecule has 2 amide bonds. The number of benzene rings is 1. The highest BCUT2D eigenvalue weighted by atomic mass is 16.2. The minimum Gasteiger partial charge on any atom is -0.373 e. The normalized spacial score (nSPS) is 20.2. The second-order valence-electron chi connectivity index (χ2n) is 9.27. The van der Waals surface area contributed by atoms with Crippen molar-refractivity contribution < 1.29 is 9.59 Å². The molecule has 3 aliphatic rings. The Hall–Kier alpha value is -3.16. The molecule has 0 spiro atoms. The lowest BCUT2D eigenvalue weighted by Crippen LogP contribution is -2.37. The Balaban J connectivity index is 1.32. The predicted octanol–water partition coefficient (Wildman–Crippen LogP) is 2.65. The van der Waals surface area contributed by atoms with Gasteiger partial charge in [0.2, 0.25) is 5.91 Å². The van der Waals surface area contributed by atoms with Crippen LogP contribution in [0.5, 0.6) is 0 Å². The topological polar surface area (TPSA) is 81.7 Å². The summed E-state index contributed by atoms with van der Waals surface area (Å²) >= 11 is 0. The van der Waals surface area contributed by atoms with Gasteiger partial charge in [0.25, 0.3) is 5.91 Å². The lowest BCUT2D eigenvalue weighted by atomic mass is 10.0. The molecule has 3 aliphatic heterocycles. The maximum absolute atomic E-state index is 13.2. The molecule has 1 atom stereocenters. The second kappa shape index (κ2) is 9.00. The highest BCUT2D eigenvalue weighted by Crippen LogP contribution is 2.30. The van der Waals surface area contributed by atoms with E-state index in [4.69, 9.17) is 9.97 Å². The van der Waals surface area contributed by atoms with E-state index >= 15 is 0 Å². The summed E-state index contributed by atoms with van der Waals surface area (Å²) in [4.78, 5) is 40.8. The Morgan fingerprint density at radius 3 is 2.42 bits per heavy atom. The van der Waals surface area contributed by atoms with Crippen molar-refractivity contribution in [2.24, 2.45) is 0 Å². The van der Waals surface area contributed by atoms with Gasteiger partial charge < -0.3 is 20.0 Å². The zero-order chi connectivity index (χ0) is 22.9. The number of aromatic nitrogens is 2. The fourth-order valence-electron chi connectivity index (χ4n) is 5.23. The van der Waals surface area contributed by atoms with Gasteiger partial charge in [0.1, 0.15) is 11.6 Å². The predicted molar refractivity (Wildman–Crippen MR) is 128 cm³/mol. The Morgan fingerprint density at radius 2 is 1.76 bits per heavy atom. The number of carbonyl (C=O) groups excluding carboxylic acids is 2. The molecule has 1 aromatic carbocycles. The van der Waals surface area contributed by atoms with Gasteiger partial charge in [-0.25, -0.2) is 9.97 Å². The van der Waals surface area contributed by atoms with E-state index in [1.165, 1.54) is 18.5 Å². The summed E-state index contributed by atoms with van der Waals surface area (Å²) in [5.41, 5.74) is 3.93. The number of amides is 2. The van der Waals surface area contributed by atoms with E-state index < -0.39 is 0 Å². The third kappa shape index (κ3) is 4.26. The summed E-state index contributed by atoms with van der Waals surface area (Å²) in [6.45, 7) is 6.38. The van der Waals surface area contributed by atoms with Crippen LogP contribution in [0.2, 0.25) is 0 Å². The first-order chi connectivity index (χ1) is 16.0. The second-order valence-corrected chi connectivity index (χ2v) is 9.27. The third-order valence-corrected chi connectivity index (χ3v) is 7.19. The van der Waals surface area contributed by atoms with Crippen LogP contribution in [0.15, 0.2) is 24.3 Å². The van der Waals surface area contributed by atoms with Crippen LogP contribution in [0.3, 0.4) is 0 Å². The maximum Gasteiger partial charge on any atom is 0.254 e. The van der Waals surface area contributed by atoms with Gasteiger partial charge in [-0.2, -0.15) is 0 Å². The lowest BCUT2D eigenvalue weighted by Gasteiger charge is -2.30. The summed E-state index contributed by atoms with van der Waals surface area (Å²) in [5, 5.41) is 3.22. The number of nitrogens with zero attached hydrogens (tertiary/aromatic N) is 5. The molecule has 0 radical (unpaired) electrons. The van der Waals surface area contributed by atoms with Gasteiger partial charge in [-0.3, -0.25) is 9.59 Å². The summed E-state index contributed by atoms with van der Waals surface area (Å²) < 4.78 is 0. The minimum absolute atomic E-state index is 0.0487. The number of rotatable bonds is 4. The number of fused-ring (bicyclic) bond motifs is 1. The number of likely N-dealkylation sites (tertiary alicyclic amines) is 1. The van der Waals surface area contributed by atoms with Crippen LogP contribution < -0.4 is 10.2 Å². The first kappa shape index (κ1) is 21.7. The van der Waals surface area contributed by atoms with Gasteiger partial charge in [-0.1, -0.05) is 0 Å². The van der Waals surface area contributed by atoms with Crippen LogP contribution >= 0.6 is 0 Å². The fourth-order valence-corrected chi connectivity index (χ4v) is 5.23. The molecule has 4 heterocycles. The van der Waals surface area contributed by atoms with Crippen molar-refractivity contribution in [3.8, 4) is 0 Å². The monoisotopic (exact) mass is 448 g/mol. The average molecular weight is 449 g/mol. The first-order valence-corrected chi connectivity index (χ1v) is 12.0. The van der Waals surface area contributed by atoms with Crippen LogP contribution in [0, 0.1) is 0 Å². The largest absolute Gasteiger partial charge is 0.373 e. The van der Waals surface area contributed by atoms with E-state index in [-0.39, 0.29) is 17.7 Å². The molecule has 8 nitrogen and oxygen atoms in total. The molecule has 1 N–H and O–H groups in total. The zero-order valence-electron chi connectivity index (χ0n) is 19.5. The van der Waals surface area contributed by atoms with Crippen LogP contribution in [0.1, 0.15) is 59.5 Å². The van der Waals surface area contributed by atoms with Crippen LogP contribution in [-0.2, 0) is 17.8 Å². The molecule has 5 rings (SSSR count). The van der Waals surface area contributed by atoms with E-state index in [0.29, 0.717) is 26.1 Å². The van der Waals surface area contributed by atoms with Crippen molar-refractivity contribution >= 4 is 23.3 Å². The van der Waals surface area contributed by atoms with Crippen molar-refractivity contribution in [2.75, 3.05) is 50.0 Å². The molecule has 0 saturated carbocycles. The molecule has 8 heteroatoms. The van der Waals surface area contributed by atoms with Crippen molar-refractivity contribution in [1.29, 1.82) is 0 Å². The van der Waals surface area contributed by atoms with E-state index in [1.54, 1.807) is 6.92 Å². The standard InChI is InChI=1S/C25H32N6O2/c1-17(32)30-13-9-19(15-30)23-27-22-10-14-31(16-21(22)24(26-2)28-23)25(33)18-5-7-20(8-6-18)29-11-3-4-12-29/h5-8,19H,3-4,9-16H2,1-2H3,(H,26,27,28). The molecule has 174 valence electrons. The zero-order valence-corrected chi connectivity index (χ0v) is 19.5. The molecule has 0 bridgehead atoms. The molecule has 33 heavy (non-hydrogen) atoms. The Kier molecular flexibility index (Phi) is 5.91. The summed E-state index contributed by atoms with van der Waals surface area (Å²) in [6, 6.07) is 8.03. The molecule has 2 fully saturated rings. The average Bonchev–Trinajstić information content (AvgIpc) is 3.55. The SMILES string of the molecule is CNc1nc(C2CCN(C(C)=O)C2)nc2c1CN(C(=O)c1ccc(N3CCCC3)cc1)CC2. The van der Waals surface area contributed by atoms with Gasteiger partial charge in [-0.05, 0) is 43.5 Å². The highest BCUT2D eigenvalue weighted by Gasteiger charge is 2.31. The lowest BCUT2D eigenvalue weighted by molar-refractivity contribution is -0.127. The van der Waals surface area contributed by atoms with Crippen LogP contribution in [0.25, 0.3) is 0 Å². The van der Waals surface area contributed by atoms with Crippen molar-refractivity contribution in [2.45, 2.75) is 45.1 Å². The molecule has 2 saturated heterocycles. The Morgan fingerprint density at radius 1 is 1.00 bits per heavy atom. The van der Waals surface area contributed by atoms with E-state index in [2.05, 4.69) is 22.3 Å². The van der Waals surface area contributed by atoms with Crippen molar-refractivity contribution in [3.63, 3.8) is 0 Å². The highest BCUT2D eigenvalue weighted by molar-refractivity contribution is 5.94. The number of anilines is 2. The summed E-state index contributed by atoms with van der Waals surface area (Å²) in [6.07, 6.45) is 4.07. The third-order valence-electron chi connectivity index (χ3n) is 7.19. The molecule has 1 aromatic heterocycles. The summed E-state index contributed by atoms with van der Waals surface area (Å²) in [5.74, 6) is 1.91. The van der Waals surface area contributed by atoms with Crippen molar-refractivity contribution in [3.05, 3.63) is 46.9 Å². The van der Waals surface area contributed by atoms with Crippen LogP contribution in [0.4, 0.5) is 11.5 Å². The van der Waals surface area contributed by atoms with Gasteiger partial charge in [0.05, 0.1) is 12.2 Å². The van der Waals surface area contributed by atoms with Gasteiger partial charge in [-0.15, -0.1) is 0 Å². The molecule has 1 unspecified atom stereocenters.